The molecule has 2 amide bonds. The van der Waals surface area contributed by atoms with E-state index in [4.69, 9.17) is 11.6 Å². The molecule has 3 aromatic carbocycles. The first kappa shape index (κ1) is 22.1. The Morgan fingerprint density at radius 3 is 2.16 bits per heavy atom. The molecule has 1 saturated heterocycles. The number of nitrogens with one attached hydrogen (secondary N) is 1. The molecule has 0 saturated carbocycles. The minimum Gasteiger partial charge on any atom is -0.350 e. The molecule has 1 N–H and O–H groups in total. The zero-order valence-electron chi connectivity index (χ0n) is 17.8. The van der Waals surface area contributed by atoms with E-state index >= 15 is 0 Å². The molecular formula is C26H26ClN3O2. The highest BCUT2D eigenvalue weighted by Crippen LogP contribution is 2.24. The molecule has 1 aliphatic heterocycles. The first-order chi connectivity index (χ1) is 15.6. The molecule has 0 radical (unpaired) electrons. The SMILES string of the molecule is O=C(NCc1ccccc1)[C@@H](c1ccccc1)N1CCN(C(=O)c2cccc(Cl)c2)CC1. The highest BCUT2D eigenvalue weighted by Gasteiger charge is 2.31. The maximum Gasteiger partial charge on any atom is 0.253 e. The van der Waals surface area contributed by atoms with Crippen LogP contribution in [0.2, 0.25) is 5.02 Å². The van der Waals surface area contributed by atoms with E-state index in [0.717, 1.165) is 11.1 Å². The van der Waals surface area contributed by atoms with Crippen LogP contribution in [0.5, 0.6) is 0 Å². The van der Waals surface area contributed by atoms with E-state index in [0.29, 0.717) is 43.3 Å². The summed E-state index contributed by atoms with van der Waals surface area (Å²) >= 11 is 6.05. The third-order valence-corrected chi connectivity index (χ3v) is 5.95. The van der Waals surface area contributed by atoms with Crippen molar-refractivity contribution in [2.45, 2.75) is 12.6 Å². The van der Waals surface area contributed by atoms with Crippen LogP contribution < -0.4 is 5.32 Å². The number of halogens is 1. The van der Waals surface area contributed by atoms with Gasteiger partial charge in [0.1, 0.15) is 6.04 Å². The Morgan fingerprint density at radius 2 is 1.50 bits per heavy atom. The van der Waals surface area contributed by atoms with Gasteiger partial charge < -0.3 is 10.2 Å². The Morgan fingerprint density at radius 1 is 0.844 bits per heavy atom. The van der Waals surface area contributed by atoms with Crippen LogP contribution in [-0.4, -0.2) is 47.8 Å². The zero-order valence-corrected chi connectivity index (χ0v) is 18.5. The normalized spacial score (nSPS) is 15.2. The minimum absolute atomic E-state index is 0.0306. The summed E-state index contributed by atoms with van der Waals surface area (Å²) in [5.74, 6) is -0.0633. The van der Waals surface area contributed by atoms with Gasteiger partial charge >= 0.3 is 0 Å². The second-order valence-corrected chi connectivity index (χ2v) is 8.29. The van der Waals surface area contributed by atoms with Gasteiger partial charge in [-0.15, -0.1) is 0 Å². The van der Waals surface area contributed by atoms with E-state index in [1.54, 1.807) is 24.3 Å². The summed E-state index contributed by atoms with van der Waals surface area (Å²) in [4.78, 5) is 30.1. The molecular weight excluding hydrogens is 422 g/mol. The van der Waals surface area contributed by atoms with Crippen LogP contribution in [-0.2, 0) is 11.3 Å². The molecule has 0 bridgehead atoms. The predicted octanol–water partition coefficient (Wildman–Crippen LogP) is 4.16. The lowest BCUT2D eigenvalue weighted by molar-refractivity contribution is -0.127. The summed E-state index contributed by atoms with van der Waals surface area (Å²) in [7, 11) is 0. The highest BCUT2D eigenvalue weighted by atomic mass is 35.5. The van der Waals surface area contributed by atoms with Crippen molar-refractivity contribution < 1.29 is 9.59 Å². The number of carbonyl (C=O) groups is 2. The van der Waals surface area contributed by atoms with Gasteiger partial charge in [0.2, 0.25) is 5.91 Å². The minimum atomic E-state index is -0.400. The largest absolute Gasteiger partial charge is 0.350 e. The summed E-state index contributed by atoms with van der Waals surface area (Å²) in [5, 5.41) is 3.63. The first-order valence-electron chi connectivity index (χ1n) is 10.8. The summed E-state index contributed by atoms with van der Waals surface area (Å²) in [6, 6.07) is 26.3. The van der Waals surface area contributed by atoms with Crippen molar-refractivity contribution in [2.75, 3.05) is 26.2 Å². The molecule has 0 aromatic heterocycles. The van der Waals surface area contributed by atoms with Gasteiger partial charge in [-0.3, -0.25) is 14.5 Å². The van der Waals surface area contributed by atoms with Gasteiger partial charge in [-0.1, -0.05) is 78.3 Å². The molecule has 5 nitrogen and oxygen atoms in total. The maximum absolute atomic E-state index is 13.2. The van der Waals surface area contributed by atoms with E-state index in [-0.39, 0.29) is 11.8 Å². The van der Waals surface area contributed by atoms with E-state index in [9.17, 15) is 9.59 Å². The molecule has 0 unspecified atom stereocenters. The smallest absolute Gasteiger partial charge is 0.253 e. The molecule has 32 heavy (non-hydrogen) atoms. The van der Waals surface area contributed by atoms with Crippen molar-refractivity contribution >= 4 is 23.4 Å². The average Bonchev–Trinajstić information content (AvgIpc) is 2.84. The van der Waals surface area contributed by atoms with Gasteiger partial charge in [0.25, 0.3) is 5.91 Å². The number of hydrogen-bond acceptors (Lipinski definition) is 3. The van der Waals surface area contributed by atoms with Crippen LogP contribution in [0.15, 0.2) is 84.9 Å². The fourth-order valence-corrected chi connectivity index (χ4v) is 4.22. The lowest BCUT2D eigenvalue weighted by Crippen LogP contribution is -2.52. The maximum atomic E-state index is 13.2. The van der Waals surface area contributed by atoms with Crippen molar-refractivity contribution in [1.29, 1.82) is 0 Å². The van der Waals surface area contributed by atoms with Gasteiger partial charge in [-0.05, 0) is 29.3 Å². The molecule has 3 aromatic rings. The number of nitrogens with zero attached hydrogens (tertiary/aromatic N) is 2. The Bertz CT molecular complexity index is 1050. The highest BCUT2D eigenvalue weighted by molar-refractivity contribution is 6.30. The Labute approximate surface area is 193 Å². The van der Waals surface area contributed by atoms with E-state index in [1.807, 2.05) is 65.6 Å². The van der Waals surface area contributed by atoms with Gasteiger partial charge in [0, 0.05) is 43.3 Å². The summed E-state index contributed by atoms with van der Waals surface area (Å²) in [6.07, 6.45) is 0. The van der Waals surface area contributed by atoms with E-state index < -0.39 is 6.04 Å². The second-order valence-electron chi connectivity index (χ2n) is 7.86. The predicted molar refractivity (Wildman–Crippen MR) is 126 cm³/mol. The van der Waals surface area contributed by atoms with Crippen LogP contribution in [0.1, 0.15) is 27.5 Å². The summed E-state index contributed by atoms with van der Waals surface area (Å²) < 4.78 is 0. The van der Waals surface area contributed by atoms with Crippen LogP contribution >= 0.6 is 11.6 Å². The van der Waals surface area contributed by atoms with Gasteiger partial charge in [-0.2, -0.15) is 0 Å². The fraction of sp³-hybridized carbons (Fsp3) is 0.231. The Kier molecular flexibility index (Phi) is 7.20. The number of benzene rings is 3. The molecule has 1 aliphatic rings. The second kappa shape index (κ2) is 10.4. The molecule has 1 heterocycles. The summed E-state index contributed by atoms with van der Waals surface area (Å²) in [5.41, 5.74) is 2.60. The molecule has 164 valence electrons. The van der Waals surface area contributed by atoms with Crippen LogP contribution in [0.3, 0.4) is 0 Å². The third-order valence-electron chi connectivity index (χ3n) is 5.71. The molecule has 1 fully saturated rings. The van der Waals surface area contributed by atoms with Gasteiger partial charge in [0.05, 0.1) is 0 Å². The number of piperazine rings is 1. The number of amides is 2. The standard InChI is InChI=1S/C26H26ClN3O2/c27-23-13-7-12-22(18-23)26(32)30-16-14-29(15-17-30)24(21-10-5-2-6-11-21)25(31)28-19-20-8-3-1-4-9-20/h1-13,18,24H,14-17,19H2,(H,28,31)/t24-/m1/s1. The lowest BCUT2D eigenvalue weighted by Gasteiger charge is -2.38. The van der Waals surface area contributed by atoms with Crippen LogP contribution in [0.25, 0.3) is 0 Å². The van der Waals surface area contributed by atoms with Crippen molar-refractivity contribution in [3.63, 3.8) is 0 Å². The molecule has 1 atom stereocenters. The van der Waals surface area contributed by atoms with Crippen molar-refractivity contribution in [1.82, 2.24) is 15.1 Å². The Balaban J connectivity index is 1.44. The molecule has 4 rings (SSSR count). The van der Waals surface area contributed by atoms with Crippen molar-refractivity contribution in [3.05, 3.63) is 107 Å². The molecule has 6 heteroatoms. The number of rotatable bonds is 6. The third kappa shape index (κ3) is 5.36. The van der Waals surface area contributed by atoms with Crippen molar-refractivity contribution in [3.8, 4) is 0 Å². The zero-order chi connectivity index (χ0) is 22.3. The van der Waals surface area contributed by atoms with E-state index in [2.05, 4.69) is 10.2 Å². The number of hydrogen-bond donors (Lipinski definition) is 1. The van der Waals surface area contributed by atoms with Crippen LogP contribution in [0, 0.1) is 0 Å². The Hall–Kier alpha value is -3.15. The first-order valence-corrected chi connectivity index (χ1v) is 11.1. The topological polar surface area (TPSA) is 52.7 Å². The fourth-order valence-electron chi connectivity index (χ4n) is 4.03. The van der Waals surface area contributed by atoms with Gasteiger partial charge in [-0.25, -0.2) is 0 Å². The quantitative estimate of drug-likeness (QED) is 0.617. The monoisotopic (exact) mass is 447 g/mol. The summed E-state index contributed by atoms with van der Waals surface area (Å²) in [6.45, 7) is 2.83. The van der Waals surface area contributed by atoms with Gasteiger partial charge in [0.15, 0.2) is 0 Å². The average molecular weight is 448 g/mol. The molecule has 0 aliphatic carbocycles. The number of carbonyl (C=O) groups excluding carboxylic acids is 2. The van der Waals surface area contributed by atoms with E-state index in [1.165, 1.54) is 0 Å². The van der Waals surface area contributed by atoms with Crippen molar-refractivity contribution in [2.24, 2.45) is 0 Å². The van der Waals surface area contributed by atoms with Crippen LogP contribution in [0.4, 0.5) is 0 Å². The lowest BCUT2D eigenvalue weighted by atomic mass is 10.0. The molecule has 0 spiro atoms.